The van der Waals surface area contributed by atoms with Crippen molar-refractivity contribution in [3.8, 4) is 11.5 Å². The molecule has 8 heteroatoms. The lowest BCUT2D eigenvalue weighted by Crippen LogP contribution is -2.20. The molecule has 0 radical (unpaired) electrons. The third-order valence-electron chi connectivity index (χ3n) is 5.38. The van der Waals surface area contributed by atoms with Crippen molar-refractivity contribution in [2.24, 2.45) is 0 Å². The highest BCUT2D eigenvalue weighted by Crippen LogP contribution is 2.38. The number of thiocarbonyl (C=S) groups is 1. The number of para-hydroxylation sites is 1. The molecular formula is C29H27N3O3S2. The van der Waals surface area contributed by atoms with E-state index in [9.17, 15) is 4.79 Å². The van der Waals surface area contributed by atoms with Gasteiger partial charge in [-0.2, -0.15) is 0 Å². The van der Waals surface area contributed by atoms with Crippen LogP contribution < -0.4 is 25.4 Å². The molecule has 0 spiro atoms. The monoisotopic (exact) mass is 529 g/mol. The number of anilines is 3. The molecule has 0 aromatic heterocycles. The number of carbonyl (C=O) groups excluding carboxylic acids is 1. The fraction of sp³-hybridized carbons (Fsp3) is 0.103. The summed E-state index contributed by atoms with van der Waals surface area (Å²) in [5.41, 5.74) is 3.18. The molecule has 1 unspecified atom stereocenters. The molecule has 0 aliphatic carbocycles. The zero-order valence-electron chi connectivity index (χ0n) is 20.4. The number of hydrogen-bond donors (Lipinski definition) is 3. The van der Waals surface area contributed by atoms with Gasteiger partial charge in [-0.05, 0) is 60.2 Å². The molecule has 188 valence electrons. The van der Waals surface area contributed by atoms with Crippen LogP contribution in [0.5, 0.6) is 11.5 Å². The van der Waals surface area contributed by atoms with E-state index in [1.807, 2.05) is 84.9 Å². The molecule has 0 bridgehead atoms. The molecule has 0 heterocycles. The van der Waals surface area contributed by atoms with E-state index in [4.69, 9.17) is 21.7 Å². The van der Waals surface area contributed by atoms with Crippen molar-refractivity contribution in [2.45, 2.75) is 10.1 Å². The van der Waals surface area contributed by atoms with Crippen LogP contribution in [0.1, 0.15) is 10.8 Å². The molecule has 4 aromatic carbocycles. The molecule has 0 saturated carbocycles. The lowest BCUT2D eigenvalue weighted by Gasteiger charge is -2.19. The van der Waals surface area contributed by atoms with E-state index >= 15 is 0 Å². The van der Waals surface area contributed by atoms with E-state index in [2.05, 4.69) is 16.0 Å². The Morgan fingerprint density at radius 2 is 1.43 bits per heavy atom. The van der Waals surface area contributed by atoms with Gasteiger partial charge in [0.2, 0.25) is 5.91 Å². The first-order valence-corrected chi connectivity index (χ1v) is 12.8. The van der Waals surface area contributed by atoms with Crippen LogP contribution in [0.15, 0.2) is 108 Å². The molecule has 0 aliphatic rings. The molecule has 3 N–H and O–H groups in total. The Labute approximate surface area is 226 Å². The van der Waals surface area contributed by atoms with Crippen LogP contribution in [0.25, 0.3) is 0 Å². The average molecular weight is 530 g/mol. The van der Waals surface area contributed by atoms with Gasteiger partial charge in [-0.3, -0.25) is 4.79 Å². The fourth-order valence-electron chi connectivity index (χ4n) is 3.60. The Balaban J connectivity index is 1.52. The molecule has 1 amide bonds. The van der Waals surface area contributed by atoms with Crippen LogP contribution in [-0.4, -0.2) is 25.2 Å². The third kappa shape index (κ3) is 7.25. The third-order valence-corrected chi connectivity index (χ3v) is 6.84. The second-order valence-electron chi connectivity index (χ2n) is 7.94. The normalized spacial score (nSPS) is 11.2. The largest absolute Gasteiger partial charge is 0.497 e. The summed E-state index contributed by atoms with van der Waals surface area (Å²) in [6.45, 7) is 0. The summed E-state index contributed by atoms with van der Waals surface area (Å²) in [5.74, 6) is 1.00. The van der Waals surface area contributed by atoms with Crippen molar-refractivity contribution < 1.29 is 14.3 Å². The Kier molecular flexibility index (Phi) is 9.02. The first-order valence-electron chi connectivity index (χ1n) is 11.5. The van der Waals surface area contributed by atoms with Crippen molar-refractivity contribution in [3.05, 3.63) is 109 Å². The van der Waals surface area contributed by atoms with Crippen molar-refractivity contribution in [1.82, 2.24) is 0 Å². The summed E-state index contributed by atoms with van der Waals surface area (Å²) in [6, 6.07) is 32.5. The van der Waals surface area contributed by atoms with E-state index < -0.39 is 5.25 Å². The lowest BCUT2D eigenvalue weighted by atomic mass is 10.1. The summed E-state index contributed by atoms with van der Waals surface area (Å²) in [4.78, 5) is 14.5. The summed E-state index contributed by atoms with van der Waals surface area (Å²) in [6.07, 6.45) is 0. The summed E-state index contributed by atoms with van der Waals surface area (Å²) >= 11 is 6.92. The number of rotatable bonds is 9. The van der Waals surface area contributed by atoms with Gasteiger partial charge in [0.05, 0.1) is 19.9 Å². The van der Waals surface area contributed by atoms with E-state index in [0.29, 0.717) is 22.3 Å². The van der Waals surface area contributed by atoms with E-state index in [0.717, 1.165) is 21.8 Å². The zero-order valence-corrected chi connectivity index (χ0v) is 22.1. The van der Waals surface area contributed by atoms with Crippen LogP contribution in [-0.2, 0) is 4.79 Å². The van der Waals surface area contributed by atoms with Gasteiger partial charge >= 0.3 is 0 Å². The predicted molar refractivity (Wildman–Crippen MR) is 156 cm³/mol. The predicted octanol–water partition coefficient (Wildman–Crippen LogP) is 6.98. The molecule has 1 atom stereocenters. The second kappa shape index (κ2) is 12.8. The number of methoxy groups -OCH3 is 2. The summed E-state index contributed by atoms with van der Waals surface area (Å²) in [7, 11) is 3.14. The molecule has 0 aliphatic heterocycles. The number of benzene rings is 4. The van der Waals surface area contributed by atoms with Crippen molar-refractivity contribution >= 4 is 52.1 Å². The first-order chi connectivity index (χ1) is 18.1. The smallest absolute Gasteiger partial charge is 0.242 e. The van der Waals surface area contributed by atoms with Crippen LogP contribution in [0.4, 0.5) is 17.1 Å². The summed E-state index contributed by atoms with van der Waals surface area (Å²) in [5, 5.41) is 9.39. The molecule has 37 heavy (non-hydrogen) atoms. The van der Waals surface area contributed by atoms with Crippen molar-refractivity contribution in [1.29, 1.82) is 0 Å². The minimum atomic E-state index is -0.502. The Morgan fingerprint density at radius 1 is 0.757 bits per heavy atom. The maximum Gasteiger partial charge on any atom is 0.242 e. The highest BCUT2D eigenvalue weighted by molar-refractivity contribution is 8.00. The van der Waals surface area contributed by atoms with E-state index in [1.165, 1.54) is 11.8 Å². The SMILES string of the molecule is COc1ccc(NC(=O)C(Sc2cccc(NC(=S)Nc3ccccc3)c2)c2ccccc2)c(OC)c1. The maximum absolute atomic E-state index is 13.5. The molecular weight excluding hydrogens is 502 g/mol. The van der Waals surface area contributed by atoms with Crippen LogP contribution >= 0.6 is 24.0 Å². The standard InChI is InChI=1S/C29H27N3O3S2/c1-34-23-16-17-25(26(19-23)35-2)32-28(33)27(20-10-5-3-6-11-20)37-24-15-9-14-22(18-24)31-29(36)30-21-12-7-4-8-13-21/h3-19,27H,1-2H3,(H,32,33)(H2,30,31,36). The molecule has 6 nitrogen and oxygen atoms in total. The number of ether oxygens (including phenoxy) is 2. The second-order valence-corrected chi connectivity index (χ2v) is 9.52. The highest BCUT2D eigenvalue weighted by Gasteiger charge is 2.23. The topological polar surface area (TPSA) is 71.6 Å². The van der Waals surface area contributed by atoms with Gasteiger partial charge in [-0.15, -0.1) is 11.8 Å². The van der Waals surface area contributed by atoms with Gasteiger partial charge in [0.15, 0.2) is 5.11 Å². The quantitative estimate of drug-likeness (QED) is 0.159. The maximum atomic E-state index is 13.5. The number of amides is 1. The van der Waals surface area contributed by atoms with Gasteiger partial charge in [-0.25, -0.2) is 0 Å². The fourth-order valence-corrected chi connectivity index (χ4v) is 4.92. The van der Waals surface area contributed by atoms with Crippen molar-refractivity contribution in [3.63, 3.8) is 0 Å². The number of hydrogen-bond acceptors (Lipinski definition) is 5. The van der Waals surface area contributed by atoms with Gasteiger partial charge in [-0.1, -0.05) is 54.6 Å². The van der Waals surface area contributed by atoms with Gasteiger partial charge in [0, 0.05) is 22.3 Å². The van der Waals surface area contributed by atoms with E-state index in [1.54, 1.807) is 32.4 Å². The van der Waals surface area contributed by atoms with Gasteiger partial charge < -0.3 is 25.4 Å². The Morgan fingerprint density at radius 3 is 2.14 bits per heavy atom. The molecule has 0 fully saturated rings. The number of thioether (sulfide) groups is 1. The Hall–Kier alpha value is -4.01. The van der Waals surface area contributed by atoms with Gasteiger partial charge in [0.1, 0.15) is 16.7 Å². The average Bonchev–Trinajstić information content (AvgIpc) is 2.93. The van der Waals surface area contributed by atoms with Crippen LogP contribution in [0.3, 0.4) is 0 Å². The van der Waals surface area contributed by atoms with Gasteiger partial charge in [0.25, 0.3) is 0 Å². The minimum absolute atomic E-state index is 0.167. The lowest BCUT2D eigenvalue weighted by molar-refractivity contribution is -0.115. The minimum Gasteiger partial charge on any atom is -0.497 e. The van der Waals surface area contributed by atoms with Crippen LogP contribution in [0.2, 0.25) is 0 Å². The highest BCUT2D eigenvalue weighted by atomic mass is 32.2. The molecule has 0 saturated heterocycles. The molecule has 4 rings (SSSR count). The van der Waals surface area contributed by atoms with Crippen LogP contribution in [0, 0.1) is 0 Å². The number of nitrogens with one attached hydrogen (secondary N) is 3. The summed E-state index contributed by atoms with van der Waals surface area (Å²) < 4.78 is 10.7. The van der Waals surface area contributed by atoms with E-state index in [-0.39, 0.29) is 5.91 Å². The first kappa shape index (κ1) is 26.1. The Bertz CT molecular complexity index is 1350. The zero-order chi connectivity index (χ0) is 26.0. The van der Waals surface area contributed by atoms with Crippen molar-refractivity contribution in [2.75, 3.05) is 30.2 Å². The number of carbonyl (C=O) groups is 1. The molecule has 4 aromatic rings.